The Balaban J connectivity index is 1.73. The van der Waals surface area contributed by atoms with Crippen LogP contribution < -0.4 is 20.7 Å². The fourth-order valence-electron chi connectivity index (χ4n) is 2.06. The number of ether oxygens (including phenoxy) is 1. The number of benzene rings is 2. The molecule has 0 bridgehead atoms. The van der Waals surface area contributed by atoms with Crippen LogP contribution in [0, 0.1) is 6.92 Å². The largest absolute Gasteiger partial charge is 0.490 e. The second-order valence-electron chi connectivity index (χ2n) is 5.42. The van der Waals surface area contributed by atoms with E-state index < -0.39 is 0 Å². The number of nitrogens with one attached hydrogen (secondary N) is 3. The standard InChI is InChI=1S/C18H20ClN3O3/c1-12-3-8-16(19)17(11-12)25-10-9-20-18(24)22-15-6-4-14(5-7-15)21-13(2)23/h3-8,11H,9-10H2,1-2H3,(H,21,23)(H2,20,22,24). The third kappa shape index (κ3) is 6.35. The summed E-state index contributed by atoms with van der Waals surface area (Å²) in [5.41, 5.74) is 2.34. The molecule has 2 aromatic carbocycles. The molecule has 3 N–H and O–H groups in total. The Morgan fingerprint density at radius 3 is 2.32 bits per heavy atom. The van der Waals surface area contributed by atoms with Gasteiger partial charge in [0.25, 0.3) is 0 Å². The number of carbonyl (C=O) groups excluding carboxylic acids is 2. The fourth-order valence-corrected chi connectivity index (χ4v) is 2.23. The number of aryl methyl sites for hydroxylation is 1. The van der Waals surface area contributed by atoms with Crippen LogP contribution in [-0.2, 0) is 4.79 Å². The van der Waals surface area contributed by atoms with Crippen molar-refractivity contribution in [1.29, 1.82) is 0 Å². The second-order valence-corrected chi connectivity index (χ2v) is 5.83. The molecule has 0 unspecified atom stereocenters. The normalized spacial score (nSPS) is 10.0. The number of anilines is 2. The lowest BCUT2D eigenvalue weighted by atomic mass is 10.2. The summed E-state index contributed by atoms with van der Waals surface area (Å²) in [4.78, 5) is 22.8. The molecule has 0 atom stereocenters. The van der Waals surface area contributed by atoms with Crippen molar-refractivity contribution in [1.82, 2.24) is 5.32 Å². The minimum Gasteiger partial charge on any atom is -0.490 e. The van der Waals surface area contributed by atoms with Crippen LogP contribution in [0.25, 0.3) is 0 Å². The first-order valence-electron chi connectivity index (χ1n) is 7.75. The molecule has 2 aromatic rings. The van der Waals surface area contributed by atoms with Crippen LogP contribution >= 0.6 is 11.6 Å². The Hall–Kier alpha value is -2.73. The van der Waals surface area contributed by atoms with Gasteiger partial charge in [-0.05, 0) is 48.9 Å². The summed E-state index contributed by atoms with van der Waals surface area (Å²) in [5.74, 6) is 0.449. The van der Waals surface area contributed by atoms with Crippen molar-refractivity contribution < 1.29 is 14.3 Å². The van der Waals surface area contributed by atoms with Gasteiger partial charge in [-0.15, -0.1) is 0 Å². The van der Waals surface area contributed by atoms with E-state index in [2.05, 4.69) is 16.0 Å². The maximum Gasteiger partial charge on any atom is 0.319 e. The highest BCUT2D eigenvalue weighted by molar-refractivity contribution is 6.32. The van der Waals surface area contributed by atoms with Gasteiger partial charge in [0.15, 0.2) is 0 Å². The van der Waals surface area contributed by atoms with Gasteiger partial charge in [-0.3, -0.25) is 4.79 Å². The Kier molecular flexibility index (Phi) is 6.65. The van der Waals surface area contributed by atoms with E-state index in [1.165, 1.54) is 6.92 Å². The molecule has 25 heavy (non-hydrogen) atoms. The van der Waals surface area contributed by atoms with Crippen molar-refractivity contribution >= 4 is 34.9 Å². The summed E-state index contributed by atoms with van der Waals surface area (Å²) in [6.07, 6.45) is 0. The topological polar surface area (TPSA) is 79.5 Å². The SMILES string of the molecule is CC(=O)Nc1ccc(NC(=O)NCCOc2cc(C)ccc2Cl)cc1. The zero-order valence-electron chi connectivity index (χ0n) is 14.1. The molecule has 0 saturated carbocycles. The quantitative estimate of drug-likeness (QED) is 0.684. The average Bonchev–Trinajstić information content (AvgIpc) is 2.56. The molecule has 132 valence electrons. The number of rotatable bonds is 6. The number of amides is 3. The fraction of sp³-hybridized carbons (Fsp3) is 0.222. The van der Waals surface area contributed by atoms with Gasteiger partial charge in [0.1, 0.15) is 12.4 Å². The van der Waals surface area contributed by atoms with Crippen molar-refractivity contribution in [3.8, 4) is 5.75 Å². The van der Waals surface area contributed by atoms with Crippen LogP contribution in [-0.4, -0.2) is 25.1 Å². The second kappa shape index (κ2) is 8.94. The van der Waals surface area contributed by atoms with Gasteiger partial charge in [-0.25, -0.2) is 4.79 Å². The number of carbonyl (C=O) groups is 2. The van der Waals surface area contributed by atoms with Crippen LogP contribution in [0.5, 0.6) is 5.75 Å². The van der Waals surface area contributed by atoms with E-state index >= 15 is 0 Å². The predicted molar refractivity (Wildman–Crippen MR) is 99.5 cm³/mol. The molecular weight excluding hydrogens is 342 g/mol. The molecular formula is C18H20ClN3O3. The van der Waals surface area contributed by atoms with E-state index in [4.69, 9.17) is 16.3 Å². The maximum atomic E-state index is 11.8. The summed E-state index contributed by atoms with van der Waals surface area (Å²) in [6, 6.07) is 12.0. The van der Waals surface area contributed by atoms with Crippen LogP contribution in [0.15, 0.2) is 42.5 Å². The molecule has 0 aliphatic carbocycles. The molecule has 0 radical (unpaired) electrons. The van der Waals surface area contributed by atoms with Crippen LogP contribution in [0.1, 0.15) is 12.5 Å². The minimum absolute atomic E-state index is 0.146. The molecule has 6 nitrogen and oxygen atoms in total. The monoisotopic (exact) mass is 361 g/mol. The number of hydrogen-bond donors (Lipinski definition) is 3. The third-order valence-electron chi connectivity index (χ3n) is 3.20. The van der Waals surface area contributed by atoms with E-state index in [1.807, 2.05) is 19.1 Å². The van der Waals surface area contributed by atoms with Gasteiger partial charge in [0, 0.05) is 18.3 Å². The molecule has 3 amide bonds. The molecule has 0 fully saturated rings. The van der Waals surface area contributed by atoms with Crippen LogP contribution in [0.2, 0.25) is 5.02 Å². The summed E-state index contributed by atoms with van der Waals surface area (Å²) in [5, 5.41) is 8.58. The van der Waals surface area contributed by atoms with Crippen molar-refractivity contribution in [2.24, 2.45) is 0 Å². The first-order chi connectivity index (χ1) is 11.9. The van der Waals surface area contributed by atoms with Gasteiger partial charge >= 0.3 is 6.03 Å². The van der Waals surface area contributed by atoms with E-state index in [1.54, 1.807) is 30.3 Å². The van der Waals surface area contributed by atoms with E-state index in [0.717, 1.165) is 5.56 Å². The Bertz CT molecular complexity index is 748. The van der Waals surface area contributed by atoms with Crippen molar-refractivity contribution in [3.05, 3.63) is 53.1 Å². The maximum absolute atomic E-state index is 11.8. The predicted octanol–water partition coefficient (Wildman–Crippen LogP) is 3.81. The highest BCUT2D eigenvalue weighted by atomic mass is 35.5. The third-order valence-corrected chi connectivity index (χ3v) is 3.51. The first-order valence-corrected chi connectivity index (χ1v) is 8.13. The average molecular weight is 362 g/mol. The van der Waals surface area contributed by atoms with E-state index in [9.17, 15) is 9.59 Å². The lowest BCUT2D eigenvalue weighted by Gasteiger charge is -2.11. The molecule has 2 rings (SSSR count). The first kappa shape index (κ1) is 18.6. The van der Waals surface area contributed by atoms with E-state index in [0.29, 0.717) is 35.3 Å². The number of urea groups is 1. The molecule has 0 aliphatic heterocycles. The van der Waals surface area contributed by atoms with Gasteiger partial charge in [0.05, 0.1) is 11.6 Å². The summed E-state index contributed by atoms with van der Waals surface area (Å²) in [6.45, 7) is 4.02. The molecule has 0 heterocycles. The summed E-state index contributed by atoms with van der Waals surface area (Å²) >= 11 is 6.04. The molecule has 0 spiro atoms. The van der Waals surface area contributed by atoms with Gasteiger partial charge in [0.2, 0.25) is 5.91 Å². The highest BCUT2D eigenvalue weighted by Crippen LogP contribution is 2.24. The summed E-state index contributed by atoms with van der Waals surface area (Å²) < 4.78 is 5.56. The molecule has 0 aliphatic rings. The lowest BCUT2D eigenvalue weighted by Crippen LogP contribution is -2.32. The van der Waals surface area contributed by atoms with Gasteiger partial charge in [-0.1, -0.05) is 17.7 Å². The van der Waals surface area contributed by atoms with Crippen molar-refractivity contribution in [3.63, 3.8) is 0 Å². The highest BCUT2D eigenvalue weighted by Gasteiger charge is 2.04. The van der Waals surface area contributed by atoms with Crippen molar-refractivity contribution in [2.45, 2.75) is 13.8 Å². The molecule has 0 saturated heterocycles. The van der Waals surface area contributed by atoms with E-state index in [-0.39, 0.29) is 11.9 Å². The van der Waals surface area contributed by atoms with Crippen LogP contribution in [0.3, 0.4) is 0 Å². The van der Waals surface area contributed by atoms with Gasteiger partial charge in [-0.2, -0.15) is 0 Å². The Labute approximate surface area is 151 Å². The Morgan fingerprint density at radius 1 is 1.04 bits per heavy atom. The molecule has 0 aromatic heterocycles. The number of halogens is 1. The molecule has 7 heteroatoms. The minimum atomic E-state index is -0.341. The lowest BCUT2D eigenvalue weighted by molar-refractivity contribution is -0.114. The zero-order chi connectivity index (χ0) is 18.2. The Morgan fingerprint density at radius 2 is 1.68 bits per heavy atom. The van der Waals surface area contributed by atoms with Crippen LogP contribution in [0.4, 0.5) is 16.2 Å². The number of hydrogen-bond acceptors (Lipinski definition) is 3. The summed E-state index contributed by atoms with van der Waals surface area (Å²) in [7, 11) is 0. The van der Waals surface area contributed by atoms with Crippen molar-refractivity contribution in [2.75, 3.05) is 23.8 Å². The smallest absolute Gasteiger partial charge is 0.319 e. The van der Waals surface area contributed by atoms with Gasteiger partial charge < -0.3 is 20.7 Å². The zero-order valence-corrected chi connectivity index (χ0v) is 14.8.